The van der Waals surface area contributed by atoms with E-state index in [9.17, 15) is 18.0 Å². The van der Waals surface area contributed by atoms with Crippen molar-refractivity contribution in [2.24, 2.45) is 16.0 Å². The number of hydrazone groups is 1. The zero-order valence-electron chi connectivity index (χ0n) is 12.2. The zero-order valence-corrected chi connectivity index (χ0v) is 13.0. The Kier molecular flexibility index (Phi) is 4.96. The number of rotatable bonds is 6. The van der Waals surface area contributed by atoms with Crippen LogP contribution in [0.15, 0.2) is 35.4 Å². The lowest BCUT2D eigenvalue weighted by atomic mass is 10.1. The molecule has 124 valence electrons. The van der Waals surface area contributed by atoms with Gasteiger partial charge < -0.3 is 11.1 Å². The summed E-state index contributed by atoms with van der Waals surface area (Å²) in [6.45, 7) is -0.136. The standard InChI is InChI=1S/C13H17N5O4S/c14-12(19)11-8-10(13(20)16-6-7-23(15,21)22)17-18(11)9-4-2-1-3-5-9/h1-5,11H,6-8H2,(H2,14,19)(H,16,20)(H2,15,21,22)/t11-/m1/s1. The molecule has 1 aliphatic rings. The topological polar surface area (TPSA) is 148 Å². The number of para-hydroxylation sites is 1. The molecule has 1 heterocycles. The van der Waals surface area contributed by atoms with Crippen LogP contribution in [-0.4, -0.2) is 44.3 Å². The summed E-state index contributed by atoms with van der Waals surface area (Å²) in [5.74, 6) is -1.54. The predicted octanol–water partition coefficient (Wildman–Crippen LogP) is -1.49. The van der Waals surface area contributed by atoms with Gasteiger partial charge in [-0.2, -0.15) is 5.10 Å². The molecule has 0 radical (unpaired) electrons. The fourth-order valence-corrected chi connectivity index (χ4v) is 2.48. The number of carbonyl (C=O) groups is 2. The van der Waals surface area contributed by atoms with E-state index in [2.05, 4.69) is 10.4 Å². The Morgan fingerprint density at radius 2 is 1.96 bits per heavy atom. The van der Waals surface area contributed by atoms with Crippen molar-refractivity contribution in [1.29, 1.82) is 0 Å². The Morgan fingerprint density at radius 3 is 2.52 bits per heavy atom. The molecule has 0 aliphatic carbocycles. The lowest BCUT2D eigenvalue weighted by Crippen LogP contribution is -2.40. The van der Waals surface area contributed by atoms with Crippen LogP contribution in [0.2, 0.25) is 0 Å². The van der Waals surface area contributed by atoms with Gasteiger partial charge in [0, 0.05) is 13.0 Å². The van der Waals surface area contributed by atoms with Crippen LogP contribution in [0.1, 0.15) is 6.42 Å². The molecule has 0 fully saturated rings. The molecule has 1 aromatic rings. The van der Waals surface area contributed by atoms with Gasteiger partial charge in [0.25, 0.3) is 5.91 Å². The molecular weight excluding hydrogens is 322 g/mol. The van der Waals surface area contributed by atoms with Crippen LogP contribution in [0.4, 0.5) is 5.69 Å². The maximum Gasteiger partial charge on any atom is 0.267 e. The van der Waals surface area contributed by atoms with Gasteiger partial charge in [-0.15, -0.1) is 0 Å². The Bertz CT molecular complexity index is 732. The molecule has 1 aliphatic heterocycles. The number of carbonyl (C=O) groups excluding carboxylic acids is 2. The van der Waals surface area contributed by atoms with E-state index in [4.69, 9.17) is 10.9 Å². The highest BCUT2D eigenvalue weighted by Gasteiger charge is 2.34. The molecular formula is C13H17N5O4S. The Hall–Kier alpha value is -2.46. The van der Waals surface area contributed by atoms with Crippen molar-refractivity contribution < 1.29 is 18.0 Å². The highest BCUT2D eigenvalue weighted by molar-refractivity contribution is 7.89. The summed E-state index contributed by atoms with van der Waals surface area (Å²) in [4.78, 5) is 23.6. The number of amides is 2. The number of hydrogen-bond acceptors (Lipinski definition) is 6. The van der Waals surface area contributed by atoms with E-state index in [1.54, 1.807) is 24.3 Å². The minimum absolute atomic E-state index is 0.0471. The largest absolute Gasteiger partial charge is 0.368 e. The smallest absolute Gasteiger partial charge is 0.267 e. The van der Waals surface area contributed by atoms with Gasteiger partial charge in [-0.1, -0.05) is 18.2 Å². The number of primary amides is 1. The molecule has 0 spiro atoms. The van der Waals surface area contributed by atoms with E-state index in [0.717, 1.165) is 0 Å². The molecule has 2 amide bonds. The Balaban J connectivity index is 2.10. The van der Waals surface area contributed by atoms with E-state index in [1.165, 1.54) is 5.01 Å². The van der Waals surface area contributed by atoms with Crippen LogP contribution < -0.4 is 21.2 Å². The van der Waals surface area contributed by atoms with E-state index >= 15 is 0 Å². The van der Waals surface area contributed by atoms with Crippen LogP contribution in [0.25, 0.3) is 0 Å². The van der Waals surface area contributed by atoms with Crippen LogP contribution in [0.5, 0.6) is 0 Å². The molecule has 0 unspecified atom stereocenters. The second kappa shape index (κ2) is 6.75. The molecule has 2 rings (SSSR count). The first-order valence-corrected chi connectivity index (χ1v) is 8.49. The summed E-state index contributed by atoms with van der Waals surface area (Å²) in [7, 11) is -3.66. The number of nitrogens with zero attached hydrogens (tertiary/aromatic N) is 2. The van der Waals surface area contributed by atoms with Gasteiger partial charge in [-0.3, -0.25) is 14.6 Å². The van der Waals surface area contributed by atoms with Crippen molar-refractivity contribution in [1.82, 2.24) is 5.32 Å². The van der Waals surface area contributed by atoms with Gasteiger partial charge in [0.2, 0.25) is 15.9 Å². The summed E-state index contributed by atoms with van der Waals surface area (Å²) < 4.78 is 21.7. The average Bonchev–Trinajstić information content (AvgIpc) is 2.92. The molecule has 0 aromatic heterocycles. The molecule has 0 saturated carbocycles. The molecule has 0 saturated heterocycles. The lowest BCUT2D eigenvalue weighted by molar-refractivity contribution is -0.119. The fraction of sp³-hybridized carbons (Fsp3) is 0.308. The van der Waals surface area contributed by atoms with Gasteiger partial charge in [-0.05, 0) is 12.1 Å². The second-order valence-electron chi connectivity index (χ2n) is 4.97. The van der Waals surface area contributed by atoms with Gasteiger partial charge >= 0.3 is 0 Å². The van der Waals surface area contributed by atoms with Crippen LogP contribution >= 0.6 is 0 Å². The quantitative estimate of drug-likeness (QED) is 0.577. The average molecular weight is 339 g/mol. The normalized spacial score (nSPS) is 17.7. The van der Waals surface area contributed by atoms with Crippen LogP contribution in [-0.2, 0) is 19.6 Å². The molecule has 1 aromatic carbocycles. The summed E-state index contributed by atoms with van der Waals surface area (Å²) in [5, 5.41) is 12.8. The summed E-state index contributed by atoms with van der Waals surface area (Å²) in [5.41, 5.74) is 6.10. The van der Waals surface area contributed by atoms with Crippen molar-refractivity contribution in [3.8, 4) is 0 Å². The third-order valence-corrected chi connectivity index (χ3v) is 3.97. The fourth-order valence-electron chi connectivity index (χ4n) is 2.10. The second-order valence-corrected chi connectivity index (χ2v) is 6.71. The van der Waals surface area contributed by atoms with E-state index in [-0.39, 0.29) is 24.4 Å². The van der Waals surface area contributed by atoms with Crippen LogP contribution in [0, 0.1) is 0 Å². The third-order valence-electron chi connectivity index (χ3n) is 3.19. The molecule has 9 nitrogen and oxygen atoms in total. The zero-order chi connectivity index (χ0) is 17.0. The maximum absolute atomic E-state index is 12.0. The van der Waals surface area contributed by atoms with Gasteiger partial charge in [0.15, 0.2) is 0 Å². The first-order chi connectivity index (χ1) is 10.8. The number of anilines is 1. The first kappa shape index (κ1) is 16.9. The van der Waals surface area contributed by atoms with Crippen molar-refractivity contribution >= 4 is 33.2 Å². The number of hydrogen-bond donors (Lipinski definition) is 3. The number of nitrogens with two attached hydrogens (primary N) is 2. The van der Waals surface area contributed by atoms with E-state index < -0.39 is 27.9 Å². The highest BCUT2D eigenvalue weighted by atomic mass is 32.2. The number of primary sulfonamides is 1. The van der Waals surface area contributed by atoms with Crippen molar-refractivity contribution in [3.05, 3.63) is 30.3 Å². The minimum Gasteiger partial charge on any atom is -0.368 e. The third kappa shape index (κ3) is 4.50. The number of sulfonamides is 1. The highest BCUT2D eigenvalue weighted by Crippen LogP contribution is 2.24. The summed E-state index contributed by atoms with van der Waals surface area (Å²) >= 11 is 0. The SMILES string of the molecule is NC(=O)[C@H]1CC(C(=O)NCCS(N)(=O)=O)=NN1c1ccccc1. The molecule has 10 heteroatoms. The van der Waals surface area contributed by atoms with Crippen molar-refractivity contribution in [2.75, 3.05) is 17.3 Å². The first-order valence-electron chi connectivity index (χ1n) is 6.77. The van der Waals surface area contributed by atoms with E-state index in [1.807, 2.05) is 6.07 Å². The van der Waals surface area contributed by atoms with Crippen molar-refractivity contribution in [3.63, 3.8) is 0 Å². The summed E-state index contributed by atoms with van der Waals surface area (Å²) in [6.07, 6.45) is 0.0471. The molecule has 1 atom stereocenters. The Morgan fingerprint density at radius 1 is 1.30 bits per heavy atom. The van der Waals surface area contributed by atoms with Gasteiger partial charge in [0.05, 0.1) is 11.4 Å². The van der Waals surface area contributed by atoms with Crippen LogP contribution in [0.3, 0.4) is 0 Å². The Labute approximate surface area is 133 Å². The number of nitrogens with one attached hydrogen (secondary N) is 1. The predicted molar refractivity (Wildman–Crippen MR) is 84.9 cm³/mol. The lowest BCUT2D eigenvalue weighted by Gasteiger charge is -2.20. The molecule has 23 heavy (non-hydrogen) atoms. The van der Waals surface area contributed by atoms with E-state index in [0.29, 0.717) is 5.69 Å². The number of benzene rings is 1. The molecule has 5 N–H and O–H groups in total. The van der Waals surface area contributed by atoms with Crippen molar-refractivity contribution in [2.45, 2.75) is 12.5 Å². The van der Waals surface area contributed by atoms with Gasteiger partial charge in [0.1, 0.15) is 11.8 Å². The minimum atomic E-state index is -3.66. The maximum atomic E-state index is 12.0. The molecule has 0 bridgehead atoms. The summed E-state index contributed by atoms with van der Waals surface area (Å²) in [6, 6.07) is 8.06. The monoisotopic (exact) mass is 339 g/mol. The van der Waals surface area contributed by atoms with Gasteiger partial charge in [-0.25, -0.2) is 13.6 Å².